The Morgan fingerprint density at radius 3 is 2.32 bits per heavy atom. The molecule has 1 aliphatic rings. The van der Waals surface area contributed by atoms with Gasteiger partial charge in [0.15, 0.2) is 5.82 Å². The average molecular weight is 500 g/mol. The third kappa shape index (κ3) is 4.21. The van der Waals surface area contributed by atoms with Gasteiger partial charge in [-0.05, 0) is 32.3 Å². The van der Waals surface area contributed by atoms with E-state index in [4.69, 9.17) is 0 Å². The van der Waals surface area contributed by atoms with Crippen molar-refractivity contribution >= 4 is 21.1 Å². The average Bonchev–Trinajstić information content (AvgIpc) is 3.05. The van der Waals surface area contributed by atoms with Gasteiger partial charge < -0.3 is 4.57 Å². The van der Waals surface area contributed by atoms with Gasteiger partial charge in [0.1, 0.15) is 28.3 Å². The van der Waals surface area contributed by atoms with E-state index < -0.39 is 33.6 Å². The minimum atomic E-state index is -4.79. The number of nitriles is 1. The standard InChI is InChI=1S/C20H17F5N6O2S/c1-10(20(23,24)25)30-34(32,33)13-8-27-18(28-9-13)16-15(6-26)14-5-11(17(21)22)7-29-19(14)31(16)12-3-2-4-12/h5,7-10,12,17,30H,2-4H2,1H3/t10-/m0/s1. The quantitative estimate of drug-likeness (QED) is 0.506. The molecular formula is C20H17F5N6O2S. The number of pyridine rings is 1. The molecule has 1 atom stereocenters. The highest BCUT2D eigenvalue weighted by molar-refractivity contribution is 7.89. The van der Waals surface area contributed by atoms with Gasteiger partial charge in [0.05, 0.1) is 18.0 Å². The van der Waals surface area contributed by atoms with Crippen LogP contribution in [0.5, 0.6) is 0 Å². The second kappa shape index (κ2) is 8.55. The van der Waals surface area contributed by atoms with Crippen LogP contribution in [0.4, 0.5) is 22.0 Å². The summed E-state index contributed by atoms with van der Waals surface area (Å²) in [4.78, 5) is 11.5. The highest BCUT2D eigenvalue weighted by Crippen LogP contribution is 2.41. The molecule has 0 unspecified atom stereocenters. The molecule has 4 rings (SSSR count). The van der Waals surface area contributed by atoms with E-state index in [2.05, 4.69) is 15.0 Å². The maximum absolute atomic E-state index is 13.2. The summed E-state index contributed by atoms with van der Waals surface area (Å²) in [7, 11) is -4.58. The van der Waals surface area contributed by atoms with E-state index in [0.29, 0.717) is 12.6 Å². The minimum absolute atomic E-state index is 0.00340. The molecule has 3 aromatic rings. The first kappa shape index (κ1) is 24.0. The zero-order chi connectivity index (χ0) is 24.8. The molecule has 3 aromatic heterocycles. The largest absolute Gasteiger partial charge is 0.404 e. The fourth-order valence-electron chi connectivity index (χ4n) is 3.60. The number of hydrogen-bond acceptors (Lipinski definition) is 6. The molecule has 14 heteroatoms. The summed E-state index contributed by atoms with van der Waals surface area (Å²) in [6.45, 7) is 0.656. The highest BCUT2D eigenvalue weighted by Gasteiger charge is 2.39. The minimum Gasteiger partial charge on any atom is -0.318 e. The molecule has 8 nitrogen and oxygen atoms in total. The van der Waals surface area contributed by atoms with E-state index in [1.54, 1.807) is 4.57 Å². The molecule has 1 saturated carbocycles. The fraction of sp³-hybridized carbons (Fsp3) is 0.400. The number of halogens is 5. The number of fused-ring (bicyclic) bond motifs is 1. The predicted molar refractivity (Wildman–Crippen MR) is 109 cm³/mol. The van der Waals surface area contributed by atoms with Crippen LogP contribution in [0.3, 0.4) is 0 Å². The van der Waals surface area contributed by atoms with Crippen LogP contribution in [0.2, 0.25) is 0 Å². The van der Waals surface area contributed by atoms with Crippen LogP contribution in [0.1, 0.15) is 49.8 Å². The Labute approximate surface area is 190 Å². The predicted octanol–water partition coefficient (Wildman–Crippen LogP) is 4.26. The Morgan fingerprint density at radius 1 is 1.18 bits per heavy atom. The summed E-state index contributed by atoms with van der Waals surface area (Å²) in [5, 5.41) is 9.99. The summed E-state index contributed by atoms with van der Waals surface area (Å²) in [5.74, 6) is -0.0807. The zero-order valence-corrected chi connectivity index (χ0v) is 18.3. The van der Waals surface area contributed by atoms with Crippen LogP contribution in [0.15, 0.2) is 29.6 Å². The Bertz CT molecular complexity index is 1380. The highest BCUT2D eigenvalue weighted by atomic mass is 32.2. The van der Waals surface area contributed by atoms with Crippen LogP contribution in [0.25, 0.3) is 22.6 Å². The van der Waals surface area contributed by atoms with E-state index in [1.165, 1.54) is 10.8 Å². The van der Waals surface area contributed by atoms with E-state index >= 15 is 0 Å². The summed E-state index contributed by atoms with van der Waals surface area (Å²) in [6.07, 6.45) is -2.52. The van der Waals surface area contributed by atoms with Gasteiger partial charge in [0, 0.05) is 23.2 Å². The van der Waals surface area contributed by atoms with Crippen LogP contribution in [-0.2, 0) is 10.0 Å². The van der Waals surface area contributed by atoms with Crippen molar-refractivity contribution in [2.45, 2.75) is 55.8 Å². The smallest absolute Gasteiger partial charge is 0.318 e. The second-order valence-corrected chi connectivity index (χ2v) is 9.57. The third-order valence-corrected chi connectivity index (χ3v) is 7.14. The van der Waals surface area contributed by atoms with Gasteiger partial charge in [0.25, 0.3) is 6.43 Å². The van der Waals surface area contributed by atoms with Crippen molar-refractivity contribution < 1.29 is 30.4 Å². The van der Waals surface area contributed by atoms with Gasteiger partial charge in [-0.15, -0.1) is 0 Å². The molecular weight excluding hydrogens is 483 g/mol. The number of rotatable bonds is 6. The maximum atomic E-state index is 13.2. The van der Waals surface area contributed by atoms with Crippen LogP contribution >= 0.6 is 0 Å². The molecule has 0 aliphatic heterocycles. The number of aromatic nitrogens is 4. The van der Waals surface area contributed by atoms with E-state index in [9.17, 15) is 35.6 Å². The monoisotopic (exact) mass is 500 g/mol. The van der Waals surface area contributed by atoms with Gasteiger partial charge in [-0.2, -0.15) is 23.2 Å². The normalized spacial score (nSPS) is 15.9. The van der Waals surface area contributed by atoms with Crippen molar-refractivity contribution in [3.8, 4) is 17.6 Å². The number of nitrogens with one attached hydrogen (secondary N) is 1. The van der Waals surface area contributed by atoms with Crippen molar-refractivity contribution in [1.29, 1.82) is 5.26 Å². The first-order valence-electron chi connectivity index (χ1n) is 10.1. The molecule has 0 bridgehead atoms. The van der Waals surface area contributed by atoms with Gasteiger partial charge in [0.2, 0.25) is 10.0 Å². The summed E-state index contributed by atoms with van der Waals surface area (Å²) in [5.41, 5.74) is 0.105. The molecule has 1 fully saturated rings. The van der Waals surface area contributed by atoms with Crippen molar-refractivity contribution in [3.05, 3.63) is 35.8 Å². The first-order chi connectivity index (χ1) is 15.9. The van der Waals surface area contributed by atoms with Crippen molar-refractivity contribution in [3.63, 3.8) is 0 Å². The fourth-order valence-corrected chi connectivity index (χ4v) is 4.72. The molecule has 0 saturated heterocycles. The molecule has 0 spiro atoms. The van der Waals surface area contributed by atoms with Crippen LogP contribution in [-0.4, -0.2) is 40.2 Å². The molecule has 0 amide bonds. The zero-order valence-electron chi connectivity index (χ0n) is 17.5. The van der Waals surface area contributed by atoms with Crippen LogP contribution in [0, 0.1) is 11.3 Å². The van der Waals surface area contributed by atoms with Gasteiger partial charge in [-0.25, -0.2) is 32.2 Å². The molecule has 1 aliphatic carbocycles. The molecule has 0 aromatic carbocycles. The number of alkyl halides is 5. The molecule has 3 heterocycles. The van der Waals surface area contributed by atoms with Crippen LogP contribution < -0.4 is 4.72 Å². The van der Waals surface area contributed by atoms with Gasteiger partial charge >= 0.3 is 6.18 Å². The number of sulfonamides is 1. The Morgan fingerprint density at radius 2 is 1.82 bits per heavy atom. The lowest BCUT2D eigenvalue weighted by Crippen LogP contribution is -2.43. The van der Waals surface area contributed by atoms with Crippen molar-refractivity contribution in [2.24, 2.45) is 0 Å². The first-order valence-corrected chi connectivity index (χ1v) is 11.6. The Hall–Kier alpha value is -3.18. The lowest BCUT2D eigenvalue weighted by molar-refractivity contribution is -0.147. The number of nitrogens with zero attached hydrogens (tertiary/aromatic N) is 5. The van der Waals surface area contributed by atoms with E-state index in [1.807, 2.05) is 6.07 Å². The molecule has 180 valence electrons. The lowest BCUT2D eigenvalue weighted by Gasteiger charge is -2.29. The Balaban J connectivity index is 1.81. The topological polar surface area (TPSA) is 114 Å². The molecule has 0 radical (unpaired) electrons. The summed E-state index contributed by atoms with van der Waals surface area (Å²) in [6, 6.07) is 0.719. The summed E-state index contributed by atoms with van der Waals surface area (Å²) < 4.78 is 92.5. The van der Waals surface area contributed by atoms with Crippen molar-refractivity contribution in [2.75, 3.05) is 0 Å². The van der Waals surface area contributed by atoms with Crippen molar-refractivity contribution in [1.82, 2.24) is 24.2 Å². The lowest BCUT2D eigenvalue weighted by atomic mass is 9.92. The van der Waals surface area contributed by atoms with E-state index in [-0.39, 0.29) is 34.1 Å². The Kier molecular flexibility index (Phi) is 6.03. The molecule has 1 N–H and O–H groups in total. The second-order valence-electron chi connectivity index (χ2n) is 7.86. The molecule has 34 heavy (non-hydrogen) atoms. The van der Waals surface area contributed by atoms with Gasteiger partial charge in [-0.3, -0.25) is 0 Å². The maximum Gasteiger partial charge on any atom is 0.404 e. The van der Waals surface area contributed by atoms with Gasteiger partial charge in [-0.1, -0.05) is 0 Å². The SMILES string of the molecule is C[C@H](NS(=O)(=O)c1cnc(-c2c(C#N)c3cc(C(F)F)cnc3n2C2CCC2)nc1)C(F)(F)F. The number of hydrogen-bond donors (Lipinski definition) is 1. The third-order valence-electron chi connectivity index (χ3n) is 5.64. The summed E-state index contributed by atoms with van der Waals surface area (Å²) >= 11 is 0. The van der Waals surface area contributed by atoms with E-state index in [0.717, 1.165) is 37.9 Å².